The predicted molar refractivity (Wildman–Crippen MR) is 59.4 cm³/mol. The molecule has 0 radical (unpaired) electrons. The monoisotopic (exact) mass is 209 g/mol. The molecule has 3 N–H and O–H groups in total. The summed E-state index contributed by atoms with van der Waals surface area (Å²) in [7, 11) is 0. The maximum absolute atomic E-state index is 8.81. The van der Waals surface area contributed by atoms with E-state index in [9.17, 15) is 0 Å². The molecule has 0 atom stereocenters. The smallest absolute Gasteiger partial charge is 0.122 e. The number of aryl methyl sites for hydroxylation is 1. The van der Waals surface area contributed by atoms with Gasteiger partial charge in [-0.1, -0.05) is 6.92 Å². The molecule has 0 spiro atoms. The third kappa shape index (κ3) is 2.50. The minimum atomic E-state index is 0.0863. The lowest BCUT2D eigenvalue weighted by Gasteiger charge is -2.04. The molecule has 0 saturated heterocycles. The number of hydrogen-bond acceptors (Lipinski definition) is 3. The molecule has 0 aliphatic heterocycles. The van der Waals surface area contributed by atoms with Gasteiger partial charge in [-0.15, -0.1) is 0 Å². The van der Waals surface area contributed by atoms with Crippen molar-refractivity contribution in [2.45, 2.75) is 39.2 Å². The molecule has 0 aromatic carbocycles. The van der Waals surface area contributed by atoms with Crippen LogP contribution in [-0.4, -0.2) is 21.5 Å². The predicted octanol–water partition coefficient (Wildman–Crippen LogP) is 1.19. The Bertz CT molecular complexity index is 342. The third-order valence-corrected chi connectivity index (χ3v) is 3.26. The van der Waals surface area contributed by atoms with Gasteiger partial charge >= 0.3 is 0 Å². The van der Waals surface area contributed by atoms with Crippen LogP contribution in [0.4, 0.5) is 5.82 Å². The molecule has 1 aromatic heterocycles. The molecule has 0 unspecified atom stereocenters. The first-order chi connectivity index (χ1) is 7.13. The number of anilines is 1. The zero-order valence-corrected chi connectivity index (χ0v) is 9.24. The van der Waals surface area contributed by atoms with Crippen LogP contribution in [0.25, 0.3) is 0 Å². The molecule has 1 aromatic rings. The lowest BCUT2D eigenvalue weighted by Crippen LogP contribution is -2.07. The molecule has 1 aliphatic rings. The van der Waals surface area contributed by atoms with E-state index in [1.807, 2.05) is 6.07 Å². The molecule has 2 rings (SSSR count). The van der Waals surface area contributed by atoms with E-state index in [1.54, 1.807) is 4.68 Å². The first-order valence-electron chi connectivity index (χ1n) is 5.56. The van der Waals surface area contributed by atoms with Gasteiger partial charge < -0.3 is 10.8 Å². The van der Waals surface area contributed by atoms with Crippen molar-refractivity contribution in [3.8, 4) is 0 Å². The van der Waals surface area contributed by atoms with Gasteiger partial charge in [0.05, 0.1) is 18.8 Å². The summed E-state index contributed by atoms with van der Waals surface area (Å²) in [6, 6.07) is 1.92. The van der Waals surface area contributed by atoms with Crippen molar-refractivity contribution in [2.24, 2.45) is 5.41 Å². The van der Waals surface area contributed by atoms with Gasteiger partial charge in [-0.2, -0.15) is 5.10 Å². The summed E-state index contributed by atoms with van der Waals surface area (Å²) in [5, 5.41) is 13.2. The fraction of sp³-hybridized carbons (Fsp3) is 0.727. The topological polar surface area (TPSA) is 64.1 Å². The number of aromatic nitrogens is 2. The lowest BCUT2D eigenvalue weighted by molar-refractivity contribution is 0.270. The highest BCUT2D eigenvalue weighted by molar-refractivity contribution is 5.30. The molecule has 1 fully saturated rings. The Hall–Kier alpha value is -1.03. The van der Waals surface area contributed by atoms with Crippen LogP contribution in [0, 0.1) is 5.41 Å². The van der Waals surface area contributed by atoms with Crippen LogP contribution < -0.4 is 5.73 Å². The normalized spacial score (nSPS) is 18.0. The molecular formula is C11H19N3O. The second-order valence-corrected chi connectivity index (χ2v) is 4.82. The van der Waals surface area contributed by atoms with Crippen LogP contribution >= 0.6 is 0 Å². The SMILES string of the molecule is CC1(CCc2cc(N)n(CCO)n2)CC1. The van der Waals surface area contributed by atoms with Gasteiger partial charge in [0.2, 0.25) is 0 Å². The standard InChI is InChI=1S/C11H19N3O/c1-11(4-5-11)3-2-9-8-10(12)14(13-9)6-7-15/h8,15H,2-7,12H2,1H3. The van der Waals surface area contributed by atoms with Gasteiger partial charge in [0.1, 0.15) is 5.82 Å². The molecule has 1 saturated carbocycles. The summed E-state index contributed by atoms with van der Waals surface area (Å²) in [5.41, 5.74) is 7.39. The Morgan fingerprint density at radius 2 is 2.33 bits per heavy atom. The van der Waals surface area contributed by atoms with Crippen LogP contribution in [0.3, 0.4) is 0 Å². The number of nitrogens with zero attached hydrogens (tertiary/aromatic N) is 2. The number of aliphatic hydroxyl groups excluding tert-OH is 1. The Morgan fingerprint density at radius 3 is 2.93 bits per heavy atom. The van der Waals surface area contributed by atoms with Crippen molar-refractivity contribution in [2.75, 3.05) is 12.3 Å². The van der Waals surface area contributed by atoms with Gasteiger partial charge in [0.15, 0.2) is 0 Å². The van der Waals surface area contributed by atoms with Crippen LogP contribution in [-0.2, 0) is 13.0 Å². The van der Waals surface area contributed by atoms with Gasteiger partial charge in [0, 0.05) is 6.07 Å². The van der Waals surface area contributed by atoms with E-state index in [0.29, 0.717) is 17.8 Å². The Labute approximate surface area is 90.1 Å². The molecule has 4 heteroatoms. The van der Waals surface area contributed by atoms with E-state index in [1.165, 1.54) is 19.3 Å². The number of hydrogen-bond donors (Lipinski definition) is 2. The molecular weight excluding hydrogens is 190 g/mol. The lowest BCUT2D eigenvalue weighted by atomic mass is 10.0. The van der Waals surface area contributed by atoms with Crippen LogP contribution in [0.15, 0.2) is 6.07 Å². The van der Waals surface area contributed by atoms with Crippen molar-refractivity contribution in [3.05, 3.63) is 11.8 Å². The van der Waals surface area contributed by atoms with Gasteiger partial charge in [0.25, 0.3) is 0 Å². The summed E-state index contributed by atoms with van der Waals surface area (Å²) in [5.74, 6) is 0.653. The number of rotatable bonds is 5. The fourth-order valence-corrected chi connectivity index (χ4v) is 1.78. The highest BCUT2D eigenvalue weighted by Gasteiger charge is 2.36. The van der Waals surface area contributed by atoms with E-state index in [4.69, 9.17) is 10.8 Å². The maximum Gasteiger partial charge on any atom is 0.122 e. The summed E-state index contributed by atoms with van der Waals surface area (Å²) in [4.78, 5) is 0. The molecule has 1 aliphatic carbocycles. The Kier molecular flexibility index (Phi) is 2.69. The van der Waals surface area contributed by atoms with Crippen LogP contribution in [0.1, 0.15) is 31.9 Å². The zero-order chi connectivity index (χ0) is 10.9. The third-order valence-electron chi connectivity index (χ3n) is 3.26. The largest absolute Gasteiger partial charge is 0.394 e. The fourth-order valence-electron chi connectivity index (χ4n) is 1.78. The number of nitrogen functional groups attached to an aromatic ring is 1. The van der Waals surface area contributed by atoms with Crippen molar-refractivity contribution in [1.29, 1.82) is 0 Å². The second-order valence-electron chi connectivity index (χ2n) is 4.82. The molecule has 0 amide bonds. The average molecular weight is 209 g/mol. The summed E-state index contributed by atoms with van der Waals surface area (Å²) in [6.07, 6.45) is 4.89. The minimum Gasteiger partial charge on any atom is -0.394 e. The Morgan fingerprint density at radius 1 is 1.60 bits per heavy atom. The highest BCUT2D eigenvalue weighted by Crippen LogP contribution is 2.48. The van der Waals surface area contributed by atoms with E-state index < -0.39 is 0 Å². The number of aliphatic hydroxyl groups is 1. The second kappa shape index (κ2) is 3.85. The molecule has 84 valence electrons. The van der Waals surface area contributed by atoms with Crippen LogP contribution in [0.5, 0.6) is 0 Å². The van der Waals surface area contributed by atoms with Crippen molar-refractivity contribution in [1.82, 2.24) is 9.78 Å². The van der Waals surface area contributed by atoms with Gasteiger partial charge in [-0.05, 0) is 31.1 Å². The van der Waals surface area contributed by atoms with E-state index in [-0.39, 0.29) is 6.61 Å². The van der Waals surface area contributed by atoms with E-state index in [2.05, 4.69) is 12.0 Å². The minimum absolute atomic E-state index is 0.0863. The number of nitrogens with two attached hydrogens (primary N) is 1. The van der Waals surface area contributed by atoms with Crippen molar-refractivity contribution < 1.29 is 5.11 Å². The highest BCUT2D eigenvalue weighted by atomic mass is 16.3. The zero-order valence-electron chi connectivity index (χ0n) is 9.24. The first-order valence-corrected chi connectivity index (χ1v) is 5.56. The van der Waals surface area contributed by atoms with E-state index in [0.717, 1.165) is 12.1 Å². The molecule has 1 heterocycles. The van der Waals surface area contributed by atoms with Crippen LogP contribution in [0.2, 0.25) is 0 Å². The van der Waals surface area contributed by atoms with Crippen molar-refractivity contribution in [3.63, 3.8) is 0 Å². The van der Waals surface area contributed by atoms with E-state index >= 15 is 0 Å². The molecule has 15 heavy (non-hydrogen) atoms. The van der Waals surface area contributed by atoms with Gasteiger partial charge in [-0.3, -0.25) is 0 Å². The first kappa shape index (κ1) is 10.5. The van der Waals surface area contributed by atoms with Crippen molar-refractivity contribution >= 4 is 5.82 Å². The summed E-state index contributed by atoms with van der Waals surface area (Å²) < 4.78 is 1.67. The Balaban J connectivity index is 1.93. The quantitative estimate of drug-likeness (QED) is 0.765. The summed E-state index contributed by atoms with van der Waals surface area (Å²) >= 11 is 0. The summed E-state index contributed by atoms with van der Waals surface area (Å²) in [6.45, 7) is 2.90. The molecule has 0 bridgehead atoms. The maximum atomic E-state index is 8.81. The average Bonchev–Trinajstić information content (AvgIpc) is 2.82. The van der Waals surface area contributed by atoms with Gasteiger partial charge in [-0.25, -0.2) is 4.68 Å². The molecule has 4 nitrogen and oxygen atoms in total.